The van der Waals surface area contributed by atoms with E-state index in [0.29, 0.717) is 21.8 Å². The molecule has 2 aromatic rings. The van der Waals surface area contributed by atoms with E-state index in [1.807, 2.05) is 0 Å². The van der Waals surface area contributed by atoms with E-state index in [9.17, 15) is 8.78 Å². The molecule has 0 aliphatic heterocycles. The van der Waals surface area contributed by atoms with E-state index in [1.54, 1.807) is 18.2 Å². The van der Waals surface area contributed by atoms with Gasteiger partial charge in [-0.25, -0.2) is 8.78 Å². The fourth-order valence-electron chi connectivity index (χ4n) is 1.46. The van der Waals surface area contributed by atoms with Crippen molar-refractivity contribution in [2.45, 2.75) is 0 Å². The maximum Gasteiger partial charge on any atom is 0.160 e. The molecule has 2 N–H and O–H groups in total. The van der Waals surface area contributed by atoms with Crippen LogP contribution in [-0.4, -0.2) is 0 Å². The minimum absolute atomic E-state index is 0.116. The minimum Gasteiger partial charge on any atom is -0.398 e. The quantitative estimate of drug-likeness (QED) is 0.600. The summed E-state index contributed by atoms with van der Waals surface area (Å²) in [6.45, 7) is 0. The molecule has 17 heavy (non-hydrogen) atoms. The van der Waals surface area contributed by atoms with Gasteiger partial charge in [-0.3, -0.25) is 0 Å². The van der Waals surface area contributed by atoms with Gasteiger partial charge in [-0.05, 0) is 29.8 Å². The maximum absolute atomic E-state index is 13.1. The topological polar surface area (TPSA) is 26.0 Å². The predicted molar refractivity (Wildman–Crippen MR) is 66.2 cm³/mol. The molecule has 0 unspecified atom stereocenters. The molecule has 0 aromatic heterocycles. The van der Waals surface area contributed by atoms with Crippen LogP contribution in [0.1, 0.15) is 0 Å². The van der Waals surface area contributed by atoms with Crippen LogP contribution < -0.4 is 5.73 Å². The van der Waals surface area contributed by atoms with Crippen molar-refractivity contribution in [1.29, 1.82) is 0 Å². The van der Waals surface area contributed by atoms with Gasteiger partial charge in [0.25, 0.3) is 0 Å². The van der Waals surface area contributed by atoms with Crippen molar-refractivity contribution < 1.29 is 8.78 Å². The number of anilines is 1. The molecule has 1 nitrogen and oxygen atoms in total. The van der Waals surface area contributed by atoms with Crippen LogP contribution in [0, 0.1) is 11.6 Å². The van der Waals surface area contributed by atoms with Crippen molar-refractivity contribution in [3.63, 3.8) is 0 Å². The smallest absolute Gasteiger partial charge is 0.160 e. The molecule has 2 rings (SSSR count). The van der Waals surface area contributed by atoms with Crippen molar-refractivity contribution >= 4 is 28.9 Å². The first-order valence-corrected chi connectivity index (χ1v) is 5.44. The van der Waals surface area contributed by atoms with Crippen molar-refractivity contribution in [1.82, 2.24) is 0 Å². The predicted octanol–water partition coefficient (Wildman–Crippen LogP) is 4.52. The Hall–Kier alpha value is -1.32. The zero-order valence-corrected chi connectivity index (χ0v) is 9.99. The van der Waals surface area contributed by atoms with Crippen molar-refractivity contribution in [2.75, 3.05) is 5.73 Å². The minimum atomic E-state index is -0.985. The van der Waals surface area contributed by atoms with Crippen molar-refractivity contribution in [3.05, 3.63) is 52.0 Å². The monoisotopic (exact) mass is 273 g/mol. The Morgan fingerprint density at radius 2 is 1.53 bits per heavy atom. The second-order valence-corrected chi connectivity index (χ2v) is 4.30. The maximum atomic E-state index is 13.1. The molecule has 0 bridgehead atoms. The molecule has 0 amide bonds. The van der Waals surface area contributed by atoms with Gasteiger partial charge in [-0.1, -0.05) is 29.3 Å². The Labute approximate surface area is 107 Å². The molecule has 88 valence electrons. The van der Waals surface area contributed by atoms with Crippen molar-refractivity contribution in [2.24, 2.45) is 0 Å². The summed E-state index contributed by atoms with van der Waals surface area (Å²) in [6.07, 6.45) is 0. The highest BCUT2D eigenvalue weighted by atomic mass is 35.5. The third-order valence-corrected chi connectivity index (χ3v) is 2.97. The van der Waals surface area contributed by atoms with Crippen LogP contribution in [0.4, 0.5) is 14.5 Å². The van der Waals surface area contributed by atoms with Crippen LogP contribution in [0.25, 0.3) is 11.1 Å². The molecule has 0 heterocycles. The molecular formula is C12H7Cl2F2N. The van der Waals surface area contributed by atoms with Crippen LogP contribution in [-0.2, 0) is 0 Å². The second kappa shape index (κ2) is 4.51. The molecular weight excluding hydrogens is 267 g/mol. The number of halogens is 4. The van der Waals surface area contributed by atoms with Crippen molar-refractivity contribution in [3.8, 4) is 11.1 Å². The molecule has 0 spiro atoms. The molecule has 0 aliphatic carbocycles. The molecule has 0 saturated heterocycles. The van der Waals surface area contributed by atoms with E-state index in [-0.39, 0.29) is 5.02 Å². The molecule has 0 aliphatic rings. The first-order chi connectivity index (χ1) is 7.99. The third kappa shape index (κ3) is 2.35. The number of benzene rings is 2. The lowest BCUT2D eigenvalue weighted by Gasteiger charge is -2.07. The number of hydrogen-bond acceptors (Lipinski definition) is 1. The highest BCUT2D eigenvalue weighted by Gasteiger charge is 2.11. The molecule has 0 radical (unpaired) electrons. The number of nitrogen functional groups attached to an aromatic ring is 1. The Bertz CT molecular complexity index is 585. The summed E-state index contributed by atoms with van der Waals surface area (Å²) in [6, 6.07) is 6.72. The Kier molecular flexibility index (Phi) is 3.22. The fourth-order valence-corrected chi connectivity index (χ4v) is 1.83. The lowest BCUT2D eigenvalue weighted by Crippen LogP contribution is -1.90. The van der Waals surface area contributed by atoms with E-state index in [2.05, 4.69) is 0 Å². The highest BCUT2D eigenvalue weighted by molar-refractivity contribution is 6.34. The number of nitrogens with two attached hydrogens (primary N) is 1. The van der Waals surface area contributed by atoms with Gasteiger partial charge in [0.05, 0.1) is 15.7 Å². The summed E-state index contributed by atoms with van der Waals surface area (Å²) in [5.41, 5.74) is 6.93. The summed E-state index contributed by atoms with van der Waals surface area (Å²) in [7, 11) is 0. The van der Waals surface area contributed by atoms with Gasteiger partial charge in [-0.15, -0.1) is 0 Å². The van der Waals surface area contributed by atoms with Gasteiger partial charge < -0.3 is 5.73 Å². The highest BCUT2D eigenvalue weighted by Crippen LogP contribution is 2.32. The molecule has 2 aromatic carbocycles. The average molecular weight is 274 g/mol. The van der Waals surface area contributed by atoms with E-state index in [1.165, 1.54) is 0 Å². The van der Waals surface area contributed by atoms with E-state index in [4.69, 9.17) is 28.9 Å². The van der Waals surface area contributed by atoms with E-state index >= 15 is 0 Å². The average Bonchev–Trinajstić information content (AvgIpc) is 2.27. The second-order valence-electron chi connectivity index (χ2n) is 3.48. The van der Waals surface area contributed by atoms with Gasteiger partial charge in [-0.2, -0.15) is 0 Å². The first-order valence-electron chi connectivity index (χ1n) is 4.69. The normalized spacial score (nSPS) is 10.6. The van der Waals surface area contributed by atoms with Crippen LogP contribution in [0.2, 0.25) is 10.0 Å². The van der Waals surface area contributed by atoms with Crippen LogP contribution in [0.3, 0.4) is 0 Å². The Balaban J connectivity index is 2.60. The van der Waals surface area contributed by atoms with Gasteiger partial charge in [0.2, 0.25) is 0 Å². The fraction of sp³-hybridized carbons (Fsp3) is 0. The molecule has 0 saturated carbocycles. The van der Waals surface area contributed by atoms with Crippen LogP contribution >= 0.6 is 23.2 Å². The largest absolute Gasteiger partial charge is 0.398 e. The molecule has 0 fully saturated rings. The lowest BCUT2D eigenvalue weighted by atomic mass is 10.0. The SMILES string of the molecule is Nc1cc(-c2cc(F)c(F)cc2Cl)ccc1Cl. The summed E-state index contributed by atoms with van der Waals surface area (Å²) in [5.74, 6) is -1.95. The number of hydrogen-bond donors (Lipinski definition) is 1. The van der Waals surface area contributed by atoms with Crippen LogP contribution in [0.15, 0.2) is 30.3 Å². The Morgan fingerprint density at radius 3 is 2.18 bits per heavy atom. The zero-order valence-electron chi connectivity index (χ0n) is 8.48. The van der Waals surface area contributed by atoms with E-state index < -0.39 is 11.6 Å². The van der Waals surface area contributed by atoms with Crippen LogP contribution in [0.5, 0.6) is 0 Å². The third-order valence-electron chi connectivity index (χ3n) is 2.32. The van der Waals surface area contributed by atoms with Gasteiger partial charge in [0.1, 0.15) is 0 Å². The van der Waals surface area contributed by atoms with Gasteiger partial charge in [0.15, 0.2) is 11.6 Å². The molecule has 5 heteroatoms. The standard InChI is InChI=1S/C12H7Cl2F2N/c13-8-2-1-6(3-12(8)17)7-4-10(15)11(16)5-9(7)14/h1-5H,17H2. The summed E-state index contributed by atoms with van der Waals surface area (Å²) in [5, 5.41) is 0.512. The van der Waals surface area contributed by atoms with Gasteiger partial charge in [0, 0.05) is 5.56 Å². The summed E-state index contributed by atoms with van der Waals surface area (Å²) < 4.78 is 26.0. The molecule has 0 atom stereocenters. The Morgan fingerprint density at radius 1 is 0.882 bits per heavy atom. The first kappa shape index (κ1) is 12.1. The summed E-state index contributed by atoms with van der Waals surface area (Å²) in [4.78, 5) is 0. The van der Waals surface area contributed by atoms with Gasteiger partial charge >= 0.3 is 0 Å². The lowest BCUT2D eigenvalue weighted by molar-refractivity contribution is 0.509. The zero-order chi connectivity index (χ0) is 12.6. The van der Waals surface area contributed by atoms with E-state index in [0.717, 1.165) is 12.1 Å². The number of rotatable bonds is 1. The summed E-state index contributed by atoms with van der Waals surface area (Å²) >= 11 is 11.6.